The Hall–Kier alpha value is -0.870. The second kappa shape index (κ2) is 6.06. The summed E-state index contributed by atoms with van der Waals surface area (Å²) >= 11 is 0. The van der Waals surface area contributed by atoms with Crippen LogP contribution in [-0.2, 0) is 9.84 Å². The van der Waals surface area contributed by atoms with E-state index in [-0.39, 0.29) is 11.8 Å². The highest BCUT2D eigenvalue weighted by molar-refractivity contribution is 7.91. The van der Waals surface area contributed by atoms with E-state index < -0.39 is 9.84 Å². The molecule has 2 rings (SSSR count). The number of hydrogen-bond acceptors (Lipinski definition) is 2. The zero-order chi connectivity index (χ0) is 13.9. The Morgan fingerprint density at radius 3 is 2.26 bits per heavy atom. The topological polar surface area (TPSA) is 38.6 Å². The van der Waals surface area contributed by atoms with Crippen LogP contribution in [0.2, 0.25) is 0 Å². The van der Waals surface area contributed by atoms with Crippen molar-refractivity contribution in [3.63, 3.8) is 0 Å². The molecule has 0 saturated carbocycles. The Morgan fingerprint density at radius 1 is 1.11 bits per heavy atom. The summed E-state index contributed by atoms with van der Waals surface area (Å²) in [5.41, 5.74) is 1.09. The number of sulfone groups is 1. The Bertz CT molecular complexity index is 501. The summed E-state index contributed by atoms with van der Waals surface area (Å²) in [6.45, 7) is 6.26. The number of hydrogen-bond donors (Lipinski definition) is 1. The second-order valence-electron chi connectivity index (χ2n) is 5.71. The minimum absolute atomic E-state index is 0.187. The lowest BCUT2D eigenvalue weighted by atomic mass is 10.1. The first-order valence-electron chi connectivity index (χ1n) is 7.13. The third kappa shape index (κ3) is 3.80. The number of rotatable bonds is 4. The Balaban J connectivity index is 2.05. The molecule has 1 fully saturated rings. The number of benzene rings is 1. The van der Waals surface area contributed by atoms with Crippen molar-refractivity contribution in [3.05, 3.63) is 29.8 Å². The van der Waals surface area contributed by atoms with Crippen molar-refractivity contribution in [2.45, 2.75) is 44.0 Å². The summed E-state index contributed by atoms with van der Waals surface area (Å²) in [7, 11) is -3.15. The third-order valence-corrected chi connectivity index (χ3v) is 5.97. The van der Waals surface area contributed by atoms with Crippen LogP contribution in [0.3, 0.4) is 0 Å². The molecule has 3 nitrogen and oxygen atoms in total. The summed E-state index contributed by atoms with van der Waals surface area (Å²) in [5.74, 6) is 0.255. The number of nitrogens with one attached hydrogen (secondary N) is 1. The minimum atomic E-state index is -3.15. The summed E-state index contributed by atoms with van der Waals surface area (Å²) in [6, 6.07) is 7.37. The maximum absolute atomic E-state index is 12.4. The van der Waals surface area contributed by atoms with Gasteiger partial charge in [0.1, 0.15) is 5.75 Å². The molecule has 1 aromatic carbocycles. The number of quaternary nitrogens is 1. The fraction of sp³-hybridized carbons (Fsp3) is 0.600. The molecular formula is C15H24NO2S+. The Kier molecular flexibility index (Phi) is 4.63. The van der Waals surface area contributed by atoms with E-state index in [1.54, 1.807) is 12.1 Å². The van der Waals surface area contributed by atoms with Crippen LogP contribution in [0.4, 0.5) is 0 Å². The van der Waals surface area contributed by atoms with Crippen molar-refractivity contribution >= 4 is 9.84 Å². The normalized spacial score (nSPS) is 19.3. The van der Waals surface area contributed by atoms with Crippen molar-refractivity contribution < 1.29 is 13.3 Å². The quantitative estimate of drug-likeness (QED) is 0.902. The van der Waals surface area contributed by atoms with E-state index in [0.717, 1.165) is 18.7 Å². The van der Waals surface area contributed by atoms with Crippen molar-refractivity contribution in [2.24, 2.45) is 0 Å². The molecular weight excluding hydrogens is 258 g/mol. The molecule has 1 atom stereocenters. The SMILES string of the molecule is Cc1ccc(S(=O)(=O)C[C@H](C)[NH+]2CCCCC2)cc1. The highest BCUT2D eigenvalue weighted by Gasteiger charge is 2.26. The van der Waals surface area contributed by atoms with Crippen molar-refractivity contribution in [1.82, 2.24) is 0 Å². The van der Waals surface area contributed by atoms with Gasteiger partial charge in [0.2, 0.25) is 0 Å². The molecule has 0 radical (unpaired) electrons. The molecule has 19 heavy (non-hydrogen) atoms. The molecule has 1 aliphatic rings. The maximum Gasteiger partial charge on any atom is 0.184 e. The third-order valence-electron chi connectivity index (χ3n) is 4.04. The van der Waals surface area contributed by atoms with Gasteiger partial charge in [-0.2, -0.15) is 0 Å². The lowest BCUT2D eigenvalue weighted by molar-refractivity contribution is -0.925. The molecule has 1 heterocycles. The fourth-order valence-corrected chi connectivity index (χ4v) is 4.42. The van der Waals surface area contributed by atoms with Gasteiger partial charge in [-0.3, -0.25) is 0 Å². The van der Waals surface area contributed by atoms with Crippen molar-refractivity contribution in [2.75, 3.05) is 18.8 Å². The standard InChI is InChI=1S/C15H23NO2S/c1-13-6-8-15(9-7-13)19(17,18)12-14(2)16-10-4-3-5-11-16/h6-9,14H,3-5,10-12H2,1-2H3/p+1/t14-/m0/s1. The van der Waals surface area contributed by atoms with E-state index in [2.05, 4.69) is 6.92 Å². The molecule has 106 valence electrons. The number of aryl methyl sites for hydroxylation is 1. The van der Waals surface area contributed by atoms with Gasteiger partial charge in [0.15, 0.2) is 9.84 Å². The summed E-state index contributed by atoms with van der Waals surface area (Å²) in [4.78, 5) is 1.91. The van der Waals surface area contributed by atoms with E-state index in [9.17, 15) is 8.42 Å². The average Bonchev–Trinajstić information content (AvgIpc) is 2.40. The highest BCUT2D eigenvalue weighted by atomic mass is 32.2. The van der Waals surface area contributed by atoms with Gasteiger partial charge in [-0.25, -0.2) is 8.42 Å². The van der Waals surface area contributed by atoms with Crippen LogP contribution in [0.1, 0.15) is 31.7 Å². The molecule has 0 aromatic heterocycles. The van der Waals surface area contributed by atoms with Crippen LogP contribution in [0.25, 0.3) is 0 Å². The Morgan fingerprint density at radius 2 is 1.68 bits per heavy atom. The van der Waals surface area contributed by atoms with Gasteiger partial charge in [-0.05, 0) is 45.2 Å². The molecule has 1 aromatic rings. The first kappa shape index (κ1) is 14.5. The molecule has 0 aliphatic carbocycles. The van der Waals surface area contributed by atoms with Crippen LogP contribution >= 0.6 is 0 Å². The monoisotopic (exact) mass is 282 g/mol. The van der Waals surface area contributed by atoms with E-state index in [1.807, 2.05) is 19.1 Å². The second-order valence-corrected chi connectivity index (χ2v) is 7.75. The van der Waals surface area contributed by atoms with Gasteiger partial charge in [0.25, 0.3) is 0 Å². The van der Waals surface area contributed by atoms with Gasteiger partial charge >= 0.3 is 0 Å². The largest absolute Gasteiger partial charge is 0.332 e. The van der Waals surface area contributed by atoms with E-state index in [1.165, 1.54) is 24.2 Å². The van der Waals surface area contributed by atoms with Gasteiger partial charge in [0.05, 0.1) is 24.0 Å². The summed E-state index contributed by atoms with van der Waals surface area (Å²) in [5, 5.41) is 0. The maximum atomic E-state index is 12.4. The molecule has 1 aliphatic heterocycles. The van der Waals surface area contributed by atoms with Gasteiger partial charge in [-0.15, -0.1) is 0 Å². The average molecular weight is 282 g/mol. The molecule has 1 saturated heterocycles. The van der Waals surface area contributed by atoms with Crippen LogP contribution in [0.15, 0.2) is 29.2 Å². The molecule has 0 spiro atoms. The van der Waals surface area contributed by atoms with Gasteiger partial charge < -0.3 is 4.90 Å². The summed E-state index contributed by atoms with van der Waals surface area (Å²) in [6.07, 6.45) is 3.75. The smallest absolute Gasteiger partial charge is 0.184 e. The Labute approximate surface area is 116 Å². The van der Waals surface area contributed by atoms with Crippen molar-refractivity contribution in [3.8, 4) is 0 Å². The predicted octanol–water partition coefficient (Wildman–Crippen LogP) is 1.23. The number of piperidine rings is 1. The lowest BCUT2D eigenvalue weighted by Crippen LogP contribution is -3.16. The van der Waals surface area contributed by atoms with Crippen LogP contribution in [0.5, 0.6) is 0 Å². The molecule has 0 unspecified atom stereocenters. The van der Waals surface area contributed by atoms with Gasteiger partial charge in [-0.1, -0.05) is 17.7 Å². The van der Waals surface area contributed by atoms with E-state index in [4.69, 9.17) is 0 Å². The first-order chi connectivity index (χ1) is 8.99. The fourth-order valence-electron chi connectivity index (χ4n) is 2.79. The zero-order valence-corrected chi connectivity index (χ0v) is 12.7. The zero-order valence-electron chi connectivity index (χ0n) is 11.9. The molecule has 4 heteroatoms. The van der Waals surface area contributed by atoms with E-state index in [0.29, 0.717) is 4.90 Å². The van der Waals surface area contributed by atoms with Crippen molar-refractivity contribution in [1.29, 1.82) is 0 Å². The number of likely N-dealkylation sites (tertiary alicyclic amines) is 1. The molecule has 0 amide bonds. The highest BCUT2D eigenvalue weighted by Crippen LogP contribution is 2.12. The summed E-state index contributed by atoms with van der Waals surface area (Å²) < 4.78 is 24.8. The van der Waals surface area contributed by atoms with Crippen LogP contribution in [-0.4, -0.2) is 33.3 Å². The van der Waals surface area contributed by atoms with E-state index >= 15 is 0 Å². The molecule has 1 N–H and O–H groups in total. The van der Waals surface area contributed by atoms with Crippen LogP contribution < -0.4 is 4.90 Å². The van der Waals surface area contributed by atoms with Crippen LogP contribution in [0, 0.1) is 6.92 Å². The molecule has 0 bridgehead atoms. The van der Waals surface area contributed by atoms with Gasteiger partial charge in [0, 0.05) is 0 Å². The first-order valence-corrected chi connectivity index (χ1v) is 8.78. The predicted molar refractivity (Wildman–Crippen MR) is 77.2 cm³/mol. The minimum Gasteiger partial charge on any atom is -0.332 e. The lowest BCUT2D eigenvalue weighted by Gasteiger charge is -2.29.